The van der Waals surface area contributed by atoms with E-state index in [-0.39, 0.29) is 21.9 Å². The Morgan fingerprint density at radius 2 is 0.891 bits per heavy atom. The first-order valence-corrected chi connectivity index (χ1v) is 18.8. The van der Waals surface area contributed by atoms with Crippen LogP contribution in [0.1, 0.15) is 60.0 Å². The highest BCUT2D eigenvalue weighted by Gasteiger charge is 2.29. The topological polar surface area (TPSA) is 116 Å². The van der Waals surface area contributed by atoms with Gasteiger partial charge < -0.3 is 10.6 Å². The molecule has 5 rings (SSSR count). The molecule has 0 saturated heterocycles. The summed E-state index contributed by atoms with van der Waals surface area (Å²) in [7, 11) is -7.51. The molecule has 4 aromatic rings. The van der Waals surface area contributed by atoms with Crippen LogP contribution in [0.3, 0.4) is 0 Å². The van der Waals surface area contributed by atoms with E-state index in [1.54, 1.807) is 48.5 Å². The molecule has 4 atom stereocenters. The van der Waals surface area contributed by atoms with E-state index in [4.69, 9.17) is 0 Å². The van der Waals surface area contributed by atoms with E-state index in [0.717, 1.165) is 47.9 Å². The van der Waals surface area contributed by atoms with Crippen LogP contribution in [0, 0.1) is 13.8 Å². The van der Waals surface area contributed by atoms with E-state index in [0.29, 0.717) is 13.1 Å². The van der Waals surface area contributed by atoms with Crippen molar-refractivity contribution in [2.24, 2.45) is 0 Å². The molecule has 0 amide bonds. The normalized spacial score (nSPS) is 18.6. The number of sulfonamides is 2. The van der Waals surface area contributed by atoms with Gasteiger partial charge in [-0.25, -0.2) is 26.3 Å². The fraction of sp³-hybridized carbons (Fsp3) is 0.333. The van der Waals surface area contributed by atoms with Gasteiger partial charge in [0.05, 0.1) is 21.9 Å². The first-order valence-electron chi connectivity index (χ1n) is 15.9. The molecule has 10 heteroatoms. The Bertz CT molecular complexity index is 1620. The van der Waals surface area contributed by atoms with Gasteiger partial charge in [-0.1, -0.05) is 109 Å². The zero-order chi connectivity index (χ0) is 32.6. The van der Waals surface area contributed by atoms with Crippen LogP contribution in [0.5, 0.6) is 0 Å². The molecule has 1 aliphatic rings. The Morgan fingerprint density at radius 3 is 1.24 bits per heavy atom. The Labute approximate surface area is 274 Å². The third kappa shape index (κ3) is 9.12. The molecule has 1 fully saturated rings. The highest BCUT2D eigenvalue weighted by Crippen LogP contribution is 2.23. The van der Waals surface area contributed by atoms with Crippen LogP contribution in [0.15, 0.2) is 119 Å². The highest BCUT2D eigenvalue weighted by atomic mass is 32.2. The lowest BCUT2D eigenvalue weighted by Gasteiger charge is -2.35. The molecule has 8 nitrogen and oxygen atoms in total. The van der Waals surface area contributed by atoms with Gasteiger partial charge in [0.25, 0.3) is 0 Å². The van der Waals surface area contributed by atoms with Gasteiger partial charge in [0, 0.05) is 25.2 Å². The number of hydrogen-bond donors (Lipinski definition) is 4. The van der Waals surface area contributed by atoms with Gasteiger partial charge in [-0.15, -0.1) is 0 Å². The molecule has 46 heavy (non-hydrogen) atoms. The molecule has 4 N–H and O–H groups in total. The fourth-order valence-electron chi connectivity index (χ4n) is 5.93. The summed E-state index contributed by atoms with van der Waals surface area (Å²) in [6, 6.07) is 32.1. The fourth-order valence-corrected chi connectivity index (χ4v) is 8.38. The maximum Gasteiger partial charge on any atom is 0.241 e. The second-order valence-electron chi connectivity index (χ2n) is 12.1. The van der Waals surface area contributed by atoms with Gasteiger partial charge >= 0.3 is 0 Å². The molecule has 0 radical (unpaired) electrons. The lowest BCUT2D eigenvalue weighted by atomic mass is 9.89. The van der Waals surface area contributed by atoms with Gasteiger partial charge in [-0.2, -0.15) is 0 Å². The average molecular weight is 661 g/mol. The third-order valence-electron chi connectivity index (χ3n) is 8.60. The van der Waals surface area contributed by atoms with Crippen LogP contribution in [0.4, 0.5) is 0 Å². The lowest BCUT2D eigenvalue weighted by Crippen LogP contribution is -2.53. The van der Waals surface area contributed by atoms with Crippen LogP contribution in [-0.4, -0.2) is 42.0 Å². The molecule has 1 saturated carbocycles. The van der Waals surface area contributed by atoms with Crippen molar-refractivity contribution >= 4 is 20.0 Å². The molecule has 1 aliphatic carbocycles. The minimum atomic E-state index is -3.76. The van der Waals surface area contributed by atoms with E-state index in [1.807, 2.05) is 74.5 Å². The van der Waals surface area contributed by atoms with Crippen molar-refractivity contribution < 1.29 is 16.8 Å². The monoisotopic (exact) mass is 660 g/mol. The summed E-state index contributed by atoms with van der Waals surface area (Å²) in [6.07, 6.45) is 3.97. The van der Waals surface area contributed by atoms with Crippen molar-refractivity contribution in [2.45, 2.75) is 73.5 Å². The highest BCUT2D eigenvalue weighted by molar-refractivity contribution is 7.89. The SMILES string of the molecule is Cc1ccc(S(=O)(=O)N[C@@H](CN[C@H]2CCCC[C@@H]2NC[C@H](NS(=O)(=O)c2ccc(C)cc2)c2ccccc2)c2ccccc2)cc1. The maximum absolute atomic E-state index is 13.4. The minimum absolute atomic E-state index is 0.0778. The molecular weight excluding hydrogens is 617 g/mol. The van der Waals surface area contributed by atoms with Crippen molar-refractivity contribution in [3.05, 3.63) is 131 Å². The molecule has 0 unspecified atom stereocenters. The predicted octanol–water partition coefficient (Wildman–Crippen LogP) is 5.53. The molecule has 0 bridgehead atoms. The molecule has 244 valence electrons. The minimum Gasteiger partial charge on any atom is -0.310 e. The first kappa shape index (κ1) is 34.0. The Kier molecular flexibility index (Phi) is 11.4. The first-order chi connectivity index (χ1) is 22.1. The Balaban J connectivity index is 1.29. The summed E-state index contributed by atoms with van der Waals surface area (Å²) < 4.78 is 59.4. The summed E-state index contributed by atoms with van der Waals surface area (Å²) in [5.74, 6) is 0. The van der Waals surface area contributed by atoms with Crippen LogP contribution >= 0.6 is 0 Å². The molecule has 0 aromatic heterocycles. The second-order valence-corrected chi connectivity index (χ2v) is 15.5. The van der Waals surface area contributed by atoms with Crippen LogP contribution in [0.25, 0.3) is 0 Å². The quantitative estimate of drug-likeness (QED) is 0.141. The molecule has 0 heterocycles. The van der Waals surface area contributed by atoms with Crippen LogP contribution < -0.4 is 20.1 Å². The van der Waals surface area contributed by atoms with E-state index in [1.165, 1.54) is 0 Å². The standard InChI is InChI=1S/C36H44N4O4S2/c1-27-17-21-31(22-18-27)45(41,42)39-35(29-11-5-3-6-12-29)25-37-33-15-9-10-16-34(33)38-26-36(30-13-7-4-8-14-30)40-46(43,44)32-23-19-28(2)20-24-32/h3-8,11-14,17-24,33-40H,9-10,15-16,25-26H2,1-2H3/t33-,34-,35-,36-/m0/s1. The summed E-state index contributed by atoms with van der Waals surface area (Å²) in [6.45, 7) is 4.66. The van der Waals surface area contributed by atoms with Gasteiger partial charge in [-0.05, 0) is 62.1 Å². The third-order valence-corrected chi connectivity index (χ3v) is 11.6. The molecule has 0 aliphatic heterocycles. The van der Waals surface area contributed by atoms with Crippen molar-refractivity contribution in [3.8, 4) is 0 Å². The van der Waals surface area contributed by atoms with Crippen molar-refractivity contribution in [2.75, 3.05) is 13.1 Å². The van der Waals surface area contributed by atoms with Crippen LogP contribution in [0.2, 0.25) is 0 Å². The number of benzene rings is 4. The Hall–Kier alpha value is -3.38. The second kappa shape index (κ2) is 15.5. The van der Waals surface area contributed by atoms with Crippen molar-refractivity contribution in [3.63, 3.8) is 0 Å². The zero-order valence-corrected chi connectivity index (χ0v) is 28.0. The van der Waals surface area contributed by atoms with E-state index < -0.39 is 32.1 Å². The van der Waals surface area contributed by atoms with Gasteiger partial charge in [-0.3, -0.25) is 0 Å². The molecule has 0 spiro atoms. The molecule has 4 aromatic carbocycles. The van der Waals surface area contributed by atoms with Gasteiger partial charge in [0.2, 0.25) is 20.0 Å². The van der Waals surface area contributed by atoms with E-state index in [2.05, 4.69) is 20.1 Å². The number of rotatable bonds is 14. The number of hydrogen-bond acceptors (Lipinski definition) is 6. The number of nitrogens with one attached hydrogen (secondary N) is 4. The van der Waals surface area contributed by atoms with Crippen LogP contribution in [-0.2, 0) is 20.0 Å². The average Bonchev–Trinajstić information content (AvgIpc) is 3.06. The van der Waals surface area contributed by atoms with E-state index in [9.17, 15) is 16.8 Å². The zero-order valence-electron chi connectivity index (χ0n) is 26.4. The summed E-state index contributed by atoms with van der Waals surface area (Å²) in [4.78, 5) is 0.465. The summed E-state index contributed by atoms with van der Waals surface area (Å²) >= 11 is 0. The summed E-state index contributed by atoms with van der Waals surface area (Å²) in [5.41, 5.74) is 3.74. The largest absolute Gasteiger partial charge is 0.310 e. The van der Waals surface area contributed by atoms with E-state index >= 15 is 0 Å². The smallest absolute Gasteiger partial charge is 0.241 e. The number of aryl methyl sites for hydroxylation is 2. The summed E-state index contributed by atoms with van der Waals surface area (Å²) in [5, 5.41) is 7.34. The lowest BCUT2D eigenvalue weighted by molar-refractivity contribution is 0.273. The predicted molar refractivity (Wildman–Crippen MR) is 183 cm³/mol. The van der Waals surface area contributed by atoms with Crippen molar-refractivity contribution in [1.82, 2.24) is 20.1 Å². The van der Waals surface area contributed by atoms with Gasteiger partial charge in [0.15, 0.2) is 0 Å². The maximum atomic E-state index is 13.4. The molecular formula is C36H44N4O4S2. The van der Waals surface area contributed by atoms with Crippen molar-refractivity contribution in [1.29, 1.82) is 0 Å². The Morgan fingerprint density at radius 1 is 0.543 bits per heavy atom. The van der Waals surface area contributed by atoms with Gasteiger partial charge in [0.1, 0.15) is 0 Å².